The van der Waals surface area contributed by atoms with E-state index in [0.717, 1.165) is 6.42 Å². The lowest BCUT2D eigenvalue weighted by Gasteiger charge is -2.13. The Kier molecular flexibility index (Phi) is 5.87. The van der Waals surface area contributed by atoms with Crippen molar-refractivity contribution in [2.45, 2.75) is 25.8 Å². The molecule has 0 spiro atoms. The van der Waals surface area contributed by atoms with E-state index in [-0.39, 0.29) is 12.5 Å². The number of para-hydroxylation sites is 1. The van der Waals surface area contributed by atoms with Crippen molar-refractivity contribution in [3.8, 4) is 0 Å². The van der Waals surface area contributed by atoms with E-state index in [2.05, 4.69) is 10.6 Å². The number of carboxylic acids is 1. The van der Waals surface area contributed by atoms with Gasteiger partial charge in [-0.2, -0.15) is 0 Å². The summed E-state index contributed by atoms with van der Waals surface area (Å²) in [5, 5.41) is 14.3. The second-order valence-electron chi connectivity index (χ2n) is 3.97. The first kappa shape index (κ1) is 14.2. The van der Waals surface area contributed by atoms with E-state index in [1.165, 1.54) is 0 Å². The second-order valence-corrected chi connectivity index (χ2v) is 3.97. The van der Waals surface area contributed by atoms with Crippen molar-refractivity contribution in [3.63, 3.8) is 0 Å². The van der Waals surface area contributed by atoms with Crippen molar-refractivity contribution in [2.75, 3.05) is 11.9 Å². The van der Waals surface area contributed by atoms with Gasteiger partial charge < -0.3 is 10.4 Å². The van der Waals surface area contributed by atoms with Crippen molar-refractivity contribution in [2.24, 2.45) is 0 Å². The van der Waals surface area contributed by atoms with Gasteiger partial charge in [0, 0.05) is 5.69 Å². The zero-order chi connectivity index (χ0) is 13.4. The first-order valence-corrected chi connectivity index (χ1v) is 5.94. The SMILES string of the molecule is CCCC(NCC(=O)Nc1ccccc1)C(=O)O. The predicted octanol–water partition coefficient (Wildman–Crippen LogP) is 1.47. The number of hydrogen-bond acceptors (Lipinski definition) is 3. The van der Waals surface area contributed by atoms with E-state index < -0.39 is 12.0 Å². The molecule has 1 atom stereocenters. The van der Waals surface area contributed by atoms with E-state index in [1.807, 2.05) is 25.1 Å². The van der Waals surface area contributed by atoms with Crippen LogP contribution in [0.1, 0.15) is 19.8 Å². The highest BCUT2D eigenvalue weighted by molar-refractivity contribution is 5.92. The van der Waals surface area contributed by atoms with Crippen LogP contribution in [0, 0.1) is 0 Å². The van der Waals surface area contributed by atoms with Gasteiger partial charge in [-0.1, -0.05) is 31.5 Å². The molecule has 1 rings (SSSR count). The fraction of sp³-hybridized carbons (Fsp3) is 0.385. The molecule has 3 N–H and O–H groups in total. The van der Waals surface area contributed by atoms with Crippen molar-refractivity contribution < 1.29 is 14.7 Å². The van der Waals surface area contributed by atoms with Crippen LogP contribution in [-0.2, 0) is 9.59 Å². The van der Waals surface area contributed by atoms with Gasteiger partial charge in [0.15, 0.2) is 0 Å². The lowest BCUT2D eigenvalue weighted by atomic mass is 10.2. The molecule has 0 radical (unpaired) electrons. The molecule has 0 bridgehead atoms. The Morgan fingerprint density at radius 1 is 1.28 bits per heavy atom. The number of rotatable bonds is 7. The lowest BCUT2D eigenvalue weighted by Crippen LogP contribution is -2.41. The van der Waals surface area contributed by atoms with Crippen molar-refractivity contribution >= 4 is 17.6 Å². The Morgan fingerprint density at radius 3 is 2.50 bits per heavy atom. The normalized spacial score (nSPS) is 11.8. The molecule has 1 aromatic carbocycles. The minimum absolute atomic E-state index is 0.00807. The molecule has 5 heteroatoms. The smallest absolute Gasteiger partial charge is 0.320 e. The predicted molar refractivity (Wildman–Crippen MR) is 69.4 cm³/mol. The molecule has 0 fully saturated rings. The highest BCUT2D eigenvalue weighted by Crippen LogP contribution is 2.04. The average Bonchev–Trinajstić information content (AvgIpc) is 2.35. The largest absolute Gasteiger partial charge is 0.480 e. The highest BCUT2D eigenvalue weighted by Gasteiger charge is 2.16. The Hall–Kier alpha value is -1.88. The molecular weight excluding hydrogens is 232 g/mol. The maximum atomic E-state index is 11.6. The van der Waals surface area contributed by atoms with Crippen LogP contribution in [0.15, 0.2) is 30.3 Å². The number of anilines is 1. The zero-order valence-electron chi connectivity index (χ0n) is 10.3. The Labute approximate surface area is 106 Å². The van der Waals surface area contributed by atoms with E-state index in [4.69, 9.17) is 5.11 Å². The van der Waals surface area contributed by atoms with E-state index >= 15 is 0 Å². The average molecular weight is 250 g/mol. The minimum atomic E-state index is -0.927. The highest BCUT2D eigenvalue weighted by atomic mass is 16.4. The molecule has 1 amide bonds. The Morgan fingerprint density at radius 2 is 1.94 bits per heavy atom. The molecule has 1 unspecified atom stereocenters. The fourth-order valence-electron chi connectivity index (χ4n) is 1.54. The van der Waals surface area contributed by atoms with Crippen LogP contribution in [0.2, 0.25) is 0 Å². The number of carbonyl (C=O) groups is 2. The third-order valence-electron chi connectivity index (χ3n) is 2.44. The molecule has 0 saturated carbocycles. The topological polar surface area (TPSA) is 78.4 Å². The van der Waals surface area contributed by atoms with Crippen LogP contribution in [0.3, 0.4) is 0 Å². The van der Waals surface area contributed by atoms with Gasteiger partial charge in [0.1, 0.15) is 6.04 Å². The van der Waals surface area contributed by atoms with Gasteiger partial charge in [-0.05, 0) is 18.6 Å². The summed E-state index contributed by atoms with van der Waals surface area (Å²) in [4.78, 5) is 22.4. The van der Waals surface area contributed by atoms with E-state index in [0.29, 0.717) is 12.1 Å². The lowest BCUT2D eigenvalue weighted by molar-refractivity contribution is -0.139. The number of carbonyl (C=O) groups excluding carboxylic acids is 1. The molecule has 0 saturated heterocycles. The summed E-state index contributed by atoms with van der Waals surface area (Å²) < 4.78 is 0. The molecule has 0 heterocycles. The van der Waals surface area contributed by atoms with Crippen molar-refractivity contribution in [1.29, 1.82) is 0 Å². The van der Waals surface area contributed by atoms with Crippen LogP contribution < -0.4 is 10.6 Å². The summed E-state index contributed by atoms with van der Waals surface area (Å²) in [6.07, 6.45) is 1.26. The van der Waals surface area contributed by atoms with Gasteiger partial charge in [-0.15, -0.1) is 0 Å². The van der Waals surface area contributed by atoms with Gasteiger partial charge in [0.25, 0.3) is 0 Å². The Bertz CT molecular complexity index is 392. The maximum absolute atomic E-state index is 11.6. The first-order chi connectivity index (χ1) is 8.63. The molecule has 0 aliphatic carbocycles. The van der Waals surface area contributed by atoms with E-state index in [9.17, 15) is 9.59 Å². The number of nitrogens with one attached hydrogen (secondary N) is 2. The van der Waals surface area contributed by atoms with Crippen LogP contribution in [-0.4, -0.2) is 29.6 Å². The van der Waals surface area contributed by atoms with Gasteiger partial charge in [0.2, 0.25) is 5.91 Å². The maximum Gasteiger partial charge on any atom is 0.320 e. The minimum Gasteiger partial charge on any atom is -0.480 e. The molecule has 18 heavy (non-hydrogen) atoms. The zero-order valence-corrected chi connectivity index (χ0v) is 10.3. The molecular formula is C13H18N2O3. The first-order valence-electron chi connectivity index (χ1n) is 5.94. The van der Waals surface area contributed by atoms with Crippen LogP contribution in [0.4, 0.5) is 5.69 Å². The van der Waals surface area contributed by atoms with Crippen molar-refractivity contribution in [1.82, 2.24) is 5.32 Å². The number of aliphatic carboxylic acids is 1. The van der Waals surface area contributed by atoms with Crippen molar-refractivity contribution in [3.05, 3.63) is 30.3 Å². The summed E-state index contributed by atoms with van der Waals surface area (Å²) in [5.74, 6) is -1.17. The number of amides is 1. The number of hydrogen-bond donors (Lipinski definition) is 3. The summed E-state index contributed by atoms with van der Waals surface area (Å²) in [6, 6.07) is 8.38. The third-order valence-corrected chi connectivity index (χ3v) is 2.44. The quantitative estimate of drug-likeness (QED) is 0.684. The van der Waals surface area contributed by atoms with Crippen LogP contribution >= 0.6 is 0 Å². The second kappa shape index (κ2) is 7.45. The summed E-state index contributed by atoms with van der Waals surface area (Å²) in [6.45, 7) is 1.90. The molecule has 0 aliphatic heterocycles. The monoisotopic (exact) mass is 250 g/mol. The fourth-order valence-corrected chi connectivity index (χ4v) is 1.54. The summed E-state index contributed by atoms with van der Waals surface area (Å²) >= 11 is 0. The molecule has 5 nitrogen and oxygen atoms in total. The summed E-state index contributed by atoms with van der Waals surface area (Å²) in [5.41, 5.74) is 0.701. The molecule has 0 aliphatic rings. The van der Waals surface area contributed by atoms with Gasteiger partial charge in [-0.3, -0.25) is 14.9 Å². The number of carboxylic acid groups (broad SMARTS) is 1. The van der Waals surface area contributed by atoms with Gasteiger partial charge in [-0.25, -0.2) is 0 Å². The van der Waals surface area contributed by atoms with Crippen LogP contribution in [0.5, 0.6) is 0 Å². The van der Waals surface area contributed by atoms with E-state index in [1.54, 1.807) is 12.1 Å². The van der Waals surface area contributed by atoms with Gasteiger partial charge in [0.05, 0.1) is 6.54 Å². The molecule has 0 aromatic heterocycles. The number of benzene rings is 1. The summed E-state index contributed by atoms with van der Waals surface area (Å²) in [7, 11) is 0. The Balaban J connectivity index is 2.38. The van der Waals surface area contributed by atoms with Crippen LogP contribution in [0.25, 0.3) is 0 Å². The molecule has 1 aromatic rings. The third kappa shape index (κ3) is 4.97. The molecule has 98 valence electrons. The standard InChI is InChI=1S/C13H18N2O3/c1-2-6-11(13(17)18)14-9-12(16)15-10-7-4-3-5-8-10/h3-5,7-8,11,14H,2,6,9H2,1H3,(H,15,16)(H,17,18). The van der Waals surface area contributed by atoms with Gasteiger partial charge >= 0.3 is 5.97 Å².